The van der Waals surface area contributed by atoms with E-state index in [1.165, 1.54) is 0 Å². The number of benzene rings is 2. The van der Waals surface area contributed by atoms with Gasteiger partial charge in [-0.1, -0.05) is 36.4 Å². The molecule has 1 fully saturated rings. The normalized spacial score (nSPS) is 16.8. The Morgan fingerprint density at radius 1 is 0.960 bits per heavy atom. The quantitative estimate of drug-likeness (QED) is 0.786. The van der Waals surface area contributed by atoms with Gasteiger partial charge in [0, 0.05) is 38.6 Å². The molecule has 3 rings (SSSR count). The highest BCUT2D eigenvalue weighted by atomic mass is 35.5. The summed E-state index contributed by atoms with van der Waals surface area (Å²) in [7, 11) is 0. The number of fused-ring (bicyclic) bond motifs is 1. The zero-order valence-corrected chi connectivity index (χ0v) is 15.4. The van der Waals surface area contributed by atoms with E-state index in [2.05, 4.69) is 10.2 Å². The minimum Gasteiger partial charge on any atom is -0.314 e. The van der Waals surface area contributed by atoms with Crippen LogP contribution in [0.4, 0.5) is 13.2 Å². The molecule has 0 saturated carbocycles. The van der Waals surface area contributed by atoms with E-state index in [4.69, 9.17) is 0 Å². The largest absolute Gasteiger partial charge is 0.389 e. The summed E-state index contributed by atoms with van der Waals surface area (Å²) in [5.41, 5.74) is 0.981. The maximum Gasteiger partial charge on any atom is 0.389 e. The molecule has 2 aromatic carbocycles. The molecule has 1 aliphatic rings. The van der Waals surface area contributed by atoms with Crippen LogP contribution in [0.1, 0.15) is 24.4 Å². The van der Waals surface area contributed by atoms with Gasteiger partial charge in [0.25, 0.3) is 0 Å². The monoisotopic (exact) mass is 394 g/mol. The van der Waals surface area contributed by atoms with Gasteiger partial charge in [0.15, 0.2) is 0 Å². The van der Waals surface area contributed by atoms with Gasteiger partial charge in [0.1, 0.15) is 0 Å². The van der Waals surface area contributed by atoms with E-state index in [1.54, 1.807) is 0 Å². The molecule has 0 bridgehead atoms. The number of nitrogens with one attached hydrogen (secondary N) is 1. The van der Waals surface area contributed by atoms with Crippen molar-refractivity contribution in [2.45, 2.75) is 25.1 Å². The smallest absolute Gasteiger partial charge is 0.314 e. The molecule has 25 heavy (non-hydrogen) atoms. The van der Waals surface area contributed by atoms with E-state index in [0.717, 1.165) is 42.5 Å². The fourth-order valence-electron chi connectivity index (χ4n) is 3.27. The lowest BCUT2D eigenvalue weighted by atomic mass is 9.96. The Labute approximate surface area is 158 Å². The summed E-state index contributed by atoms with van der Waals surface area (Å²) < 4.78 is 38.2. The average Bonchev–Trinajstić information content (AvgIpc) is 2.55. The van der Waals surface area contributed by atoms with Gasteiger partial charge in [0.05, 0.1) is 0 Å². The lowest BCUT2D eigenvalue weighted by molar-refractivity contribution is -0.138. The fraction of sp³-hybridized carbons (Fsp3) is 0.444. The molecule has 0 unspecified atom stereocenters. The number of piperazine rings is 1. The number of rotatable bonds is 4. The van der Waals surface area contributed by atoms with Crippen LogP contribution >= 0.6 is 24.8 Å². The molecule has 0 aliphatic carbocycles. The first-order chi connectivity index (χ1) is 11.0. The van der Waals surface area contributed by atoms with Gasteiger partial charge in [-0.25, -0.2) is 0 Å². The molecule has 0 aromatic heterocycles. The number of hydrogen-bond donors (Lipinski definition) is 1. The molecular formula is C18H23Cl2F3N2. The highest BCUT2D eigenvalue weighted by Crippen LogP contribution is 2.33. The summed E-state index contributed by atoms with van der Waals surface area (Å²) in [6.07, 6.45) is -4.74. The van der Waals surface area contributed by atoms with Gasteiger partial charge in [0.2, 0.25) is 0 Å². The molecule has 7 heteroatoms. The highest BCUT2D eigenvalue weighted by Gasteiger charge is 2.31. The van der Waals surface area contributed by atoms with Crippen molar-refractivity contribution in [3.05, 3.63) is 48.0 Å². The van der Waals surface area contributed by atoms with Crippen LogP contribution < -0.4 is 5.32 Å². The SMILES string of the molecule is Cl.Cl.FC(F)(F)CC[C@H](c1ccc2ccccc2c1)N1CCNCC1. The molecule has 0 radical (unpaired) electrons. The number of alkyl halides is 3. The van der Waals surface area contributed by atoms with Crippen LogP contribution in [-0.2, 0) is 0 Å². The van der Waals surface area contributed by atoms with Crippen LogP contribution in [0.5, 0.6) is 0 Å². The summed E-state index contributed by atoms with van der Waals surface area (Å²) in [5.74, 6) is 0. The molecule has 0 spiro atoms. The predicted octanol–water partition coefficient (Wildman–Crippen LogP) is 4.97. The van der Waals surface area contributed by atoms with Gasteiger partial charge in [-0.05, 0) is 28.8 Å². The van der Waals surface area contributed by atoms with Crippen LogP contribution in [0.2, 0.25) is 0 Å². The second-order valence-corrected chi connectivity index (χ2v) is 6.06. The van der Waals surface area contributed by atoms with Crippen LogP contribution in [0, 0.1) is 0 Å². The molecule has 2 nitrogen and oxygen atoms in total. The van der Waals surface area contributed by atoms with Crippen molar-refractivity contribution in [3.63, 3.8) is 0 Å². The molecule has 2 aromatic rings. The molecule has 1 heterocycles. The van der Waals surface area contributed by atoms with Gasteiger partial charge in [-0.15, -0.1) is 24.8 Å². The van der Waals surface area contributed by atoms with Crippen molar-refractivity contribution >= 4 is 35.6 Å². The molecule has 140 valence electrons. The predicted molar refractivity (Wildman–Crippen MR) is 101 cm³/mol. The van der Waals surface area contributed by atoms with E-state index >= 15 is 0 Å². The molecule has 1 N–H and O–H groups in total. The lowest BCUT2D eigenvalue weighted by Crippen LogP contribution is -2.45. The fourth-order valence-corrected chi connectivity index (χ4v) is 3.27. The summed E-state index contributed by atoms with van der Waals surface area (Å²) in [4.78, 5) is 2.17. The van der Waals surface area contributed by atoms with E-state index in [0.29, 0.717) is 0 Å². The Morgan fingerprint density at radius 2 is 1.60 bits per heavy atom. The summed E-state index contributed by atoms with van der Waals surface area (Å²) >= 11 is 0. The maximum atomic E-state index is 12.7. The minimum atomic E-state index is -4.11. The second-order valence-electron chi connectivity index (χ2n) is 6.06. The molecule has 0 amide bonds. The zero-order valence-electron chi connectivity index (χ0n) is 13.8. The number of hydrogen-bond acceptors (Lipinski definition) is 2. The van der Waals surface area contributed by atoms with Gasteiger partial charge in [-0.3, -0.25) is 4.90 Å². The van der Waals surface area contributed by atoms with Crippen molar-refractivity contribution in [1.29, 1.82) is 0 Å². The van der Waals surface area contributed by atoms with Crippen molar-refractivity contribution in [1.82, 2.24) is 10.2 Å². The molecule has 1 aliphatic heterocycles. The topological polar surface area (TPSA) is 15.3 Å². The van der Waals surface area contributed by atoms with Crippen LogP contribution in [0.25, 0.3) is 10.8 Å². The van der Waals surface area contributed by atoms with Crippen molar-refractivity contribution in [2.24, 2.45) is 0 Å². The molecular weight excluding hydrogens is 372 g/mol. The Hall–Kier alpha value is -1.01. The summed E-state index contributed by atoms with van der Waals surface area (Å²) in [6, 6.07) is 13.8. The maximum absolute atomic E-state index is 12.7. The third kappa shape index (κ3) is 6.03. The van der Waals surface area contributed by atoms with Crippen LogP contribution in [0.15, 0.2) is 42.5 Å². The first kappa shape index (κ1) is 22.0. The summed E-state index contributed by atoms with van der Waals surface area (Å²) in [5, 5.41) is 5.46. The Balaban J connectivity index is 0.00000156. The standard InChI is InChI=1S/C18H21F3N2.2ClH/c19-18(20,21)8-7-17(23-11-9-22-10-12-23)16-6-5-14-3-1-2-4-15(14)13-16;;/h1-6,13,17,22H,7-12H2;2*1H/t17-;;/m1../s1. The van der Waals surface area contributed by atoms with E-state index in [9.17, 15) is 13.2 Å². The van der Waals surface area contributed by atoms with Gasteiger partial charge >= 0.3 is 6.18 Å². The van der Waals surface area contributed by atoms with Crippen LogP contribution in [-0.4, -0.2) is 37.3 Å². The number of nitrogens with zero attached hydrogens (tertiary/aromatic N) is 1. The average molecular weight is 395 g/mol. The first-order valence-corrected chi connectivity index (χ1v) is 8.03. The third-order valence-electron chi connectivity index (χ3n) is 4.45. The first-order valence-electron chi connectivity index (χ1n) is 8.03. The van der Waals surface area contributed by atoms with E-state index < -0.39 is 12.6 Å². The Kier molecular flexibility index (Phi) is 8.48. The second kappa shape index (κ2) is 9.62. The highest BCUT2D eigenvalue weighted by molar-refractivity contribution is 5.85. The van der Waals surface area contributed by atoms with E-state index in [-0.39, 0.29) is 37.3 Å². The zero-order chi connectivity index (χ0) is 16.3. The number of halogens is 5. The van der Waals surface area contributed by atoms with Gasteiger partial charge in [-0.2, -0.15) is 13.2 Å². The van der Waals surface area contributed by atoms with Crippen molar-refractivity contribution in [3.8, 4) is 0 Å². The van der Waals surface area contributed by atoms with Gasteiger partial charge < -0.3 is 5.32 Å². The van der Waals surface area contributed by atoms with Crippen molar-refractivity contribution in [2.75, 3.05) is 26.2 Å². The lowest BCUT2D eigenvalue weighted by Gasteiger charge is -2.35. The minimum absolute atomic E-state index is 0. The molecule has 1 saturated heterocycles. The summed E-state index contributed by atoms with van der Waals surface area (Å²) in [6.45, 7) is 3.23. The Morgan fingerprint density at radius 3 is 2.24 bits per heavy atom. The van der Waals surface area contributed by atoms with Crippen LogP contribution in [0.3, 0.4) is 0 Å². The Bertz CT molecular complexity index is 658. The van der Waals surface area contributed by atoms with E-state index in [1.807, 2.05) is 42.5 Å². The molecule has 1 atom stereocenters. The van der Waals surface area contributed by atoms with Crippen molar-refractivity contribution < 1.29 is 13.2 Å². The third-order valence-corrected chi connectivity index (χ3v) is 4.45.